The first-order chi connectivity index (χ1) is 9.79. The predicted molar refractivity (Wildman–Crippen MR) is 82.1 cm³/mol. The van der Waals surface area contributed by atoms with Gasteiger partial charge < -0.3 is 9.47 Å². The lowest BCUT2D eigenvalue weighted by Gasteiger charge is -2.42. The van der Waals surface area contributed by atoms with E-state index in [-0.39, 0.29) is 12.3 Å². The molecule has 0 spiro atoms. The zero-order chi connectivity index (χ0) is 13.9. The highest BCUT2D eigenvalue weighted by Gasteiger charge is 2.36. The molecule has 0 saturated carbocycles. The molecular weight excluding hydrogens is 274 g/mol. The molecule has 2 N–H and O–H groups in total. The molecule has 2 atom stereocenters. The van der Waals surface area contributed by atoms with E-state index in [2.05, 4.69) is 4.90 Å². The van der Waals surface area contributed by atoms with E-state index in [1.165, 1.54) is 11.5 Å². The largest absolute Gasteiger partial charge is 0.460 e. The molecule has 1 fully saturated rings. The molecule has 0 aliphatic carbocycles. The second kappa shape index (κ2) is 6.22. The maximum absolute atomic E-state index is 6.32. The van der Waals surface area contributed by atoms with Gasteiger partial charge in [-0.25, -0.2) is 5.84 Å². The monoisotopic (exact) mass is 295 g/mol. The summed E-state index contributed by atoms with van der Waals surface area (Å²) < 4.78 is 11.4. The minimum absolute atomic E-state index is 0.0120. The second-order valence-corrected chi connectivity index (χ2v) is 6.30. The van der Waals surface area contributed by atoms with Gasteiger partial charge in [0.2, 0.25) is 6.29 Å². The molecule has 0 bridgehead atoms. The van der Waals surface area contributed by atoms with Gasteiger partial charge in [0.15, 0.2) is 0 Å². The first-order valence-corrected chi connectivity index (χ1v) is 8.07. The Bertz CT molecular complexity index is 454. The van der Waals surface area contributed by atoms with Crippen LogP contribution in [-0.2, 0) is 4.74 Å². The summed E-state index contributed by atoms with van der Waals surface area (Å²) in [4.78, 5) is 2.43. The average molecular weight is 295 g/mol. The second-order valence-electron chi connectivity index (χ2n) is 5.08. The van der Waals surface area contributed by atoms with Crippen LogP contribution in [0.1, 0.15) is 0 Å². The molecule has 0 aromatic heterocycles. The SMILES string of the molecule is COC1Oc2ccccc2N(N)C1CN1CCSCC1. The van der Waals surface area contributed by atoms with E-state index in [0.717, 1.165) is 31.1 Å². The highest BCUT2D eigenvalue weighted by Crippen LogP contribution is 2.34. The van der Waals surface area contributed by atoms with Gasteiger partial charge in [-0.2, -0.15) is 11.8 Å². The molecule has 2 aliphatic rings. The summed E-state index contributed by atoms with van der Waals surface area (Å²) >= 11 is 2.01. The fourth-order valence-corrected chi connectivity index (χ4v) is 3.69. The third-order valence-corrected chi connectivity index (χ3v) is 4.78. The van der Waals surface area contributed by atoms with Gasteiger partial charge in [0.1, 0.15) is 11.8 Å². The van der Waals surface area contributed by atoms with Gasteiger partial charge in [-0.15, -0.1) is 0 Å². The predicted octanol–water partition coefficient (Wildman–Crippen LogP) is 1.15. The maximum atomic E-state index is 6.32. The highest BCUT2D eigenvalue weighted by atomic mass is 32.2. The van der Waals surface area contributed by atoms with E-state index in [1.807, 2.05) is 36.0 Å². The number of rotatable bonds is 3. The fourth-order valence-electron chi connectivity index (χ4n) is 2.71. The summed E-state index contributed by atoms with van der Waals surface area (Å²) in [5.41, 5.74) is 0.928. The third-order valence-electron chi connectivity index (χ3n) is 3.84. The van der Waals surface area contributed by atoms with Crippen LogP contribution in [0.25, 0.3) is 0 Å². The molecule has 1 aromatic rings. The lowest BCUT2D eigenvalue weighted by Crippen LogP contribution is -2.59. The number of methoxy groups -OCH3 is 1. The molecule has 2 aliphatic heterocycles. The Morgan fingerprint density at radius 3 is 2.85 bits per heavy atom. The zero-order valence-corrected chi connectivity index (χ0v) is 12.5. The Balaban J connectivity index is 1.78. The first kappa shape index (κ1) is 14.0. The van der Waals surface area contributed by atoms with Crippen LogP contribution in [0, 0.1) is 0 Å². The van der Waals surface area contributed by atoms with E-state index < -0.39 is 0 Å². The smallest absolute Gasteiger partial charge is 0.223 e. The van der Waals surface area contributed by atoms with E-state index in [0.29, 0.717) is 0 Å². The standard InChI is InChI=1S/C14H21N3O2S/c1-18-14-12(10-16-6-8-20-9-7-16)17(15)11-4-2-3-5-13(11)19-14/h2-5,12,14H,6-10,15H2,1H3. The lowest BCUT2D eigenvalue weighted by molar-refractivity contribution is -0.0824. The van der Waals surface area contributed by atoms with Crippen molar-refractivity contribution in [3.05, 3.63) is 24.3 Å². The van der Waals surface area contributed by atoms with Crippen molar-refractivity contribution in [2.75, 3.05) is 43.3 Å². The Morgan fingerprint density at radius 2 is 2.10 bits per heavy atom. The summed E-state index contributed by atoms with van der Waals surface area (Å²) in [5, 5.41) is 1.80. The molecule has 5 nitrogen and oxygen atoms in total. The number of hydrogen-bond donors (Lipinski definition) is 1. The van der Waals surface area contributed by atoms with Crippen LogP contribution in [0.5, 0.6) is 5.75 Å². The zero-order valence-electron chi connectivity index (χ0n) is 11.7. The summed E-state index contributed by atoms with van der Waals surface area (Å²) in [6.07, 6.45) is -0.329. The van der Waals surface area contributed by atoms with Crippen LogP contribution in [0.3, 0.4) is 0 Å². The Morgan fingerprint density at radius 1 is 1.35 bits per heavy atom. The van der Waals surface area contributed by atoms with Crippen molar-refractivity contribution in [1.29, 1.82) is 0 Å². The number of hydrogen-bond acceptors (Lipinski definition) is 6. The van der Waals surface area contributed by atoms with Crippen LogP contribution >= 0.6 is 11.8 Å². The van der Waals surface area contributed by atoms with Gasteiger partial charge in [0.05, 0.1) is 5.69 Å². The van der Waals surface area contributed by atoms with Crippen molar-refractivity contribution in [3.8, 4) is 5.75 Å². The van der Waals surface area contributed by atoms with E-state index in [9.17, 15) is 0 Å². The van der Waals surface area contributed by atoms with Gasteiger partial charge in [-0.1, -0.05) is 12.1 Å². The molecule has 20 heavy (non-hydrogen) atoms. The number of nitrogens with two attached hydrogens (primary N) is 1. The van der Waals surface area contributed by atoms with Crippen LogP contribution < -0.4 is 15.6 Å². The van der Waals surface area contributed by atoms with Crippen molar-refractivity contribution in [2.45, 2.75) is 12.3 Å². The molecule has 2 heterocycles. The number of nitrogens with zero attached hydrogens (tertiary/aromatic N) is 2. The Kier molecular flexibility index (Phi) is 4.35. The van der Waals surface area contributed by atoms with Crippen LogP contribution in [-0.4, -0.2) is 55.5 Å². The van der Waals surface area contributed by atoms with Crippen molar-refractivity contribution in [1.82, 2.24) is 4.90 Å². The van der Waals surface area contributed by atoms with Gasteiger partial charge >= 0.3 is 0 Å². The molecule has 1 aromatic carbocycles. The average Bonchev–Trinajstić information content (AvgIpc) is 2.51. The van der Waals surface area contributed by atoms with Gasteiger partial charge in [0.25, 0.3) is 0 Å². The number of benzene rings is 1. The summed E-state index contributed by atoms with van der Waals surface area (Å²) in [6, 6.07) is 7.85. The molecule has 1 saturated heterocycles. The van der Waals surface area contributed by atoms with Crippen molar-refractivity contribution in [3.63, 3.8) is 0 Å². The highest BCUT2D eigenvalue weighted by molar-refractivity contribution is 7.99. The number of anilines is 1. The molecular formula is C14H21N3O2S. The quantitative estimate of drug-likeness (QED) is 0.844. The number of thioether (sulfide) groups is 1. The molecule has 0 radical (unpaired) electrons. The van der Waals surface area contributed by atoms with E-state index in [1.54, 1.807) is 12.1 Å². The van der Waals surface area contributed by atoms with E-state index in [4.69, 9.17) is 15.3 Å². The van der Waals surface area contributed by atoms with Gasteiger partial charge in [-0.3, -0.25) is 9.91 Å². The normalized spacial score (nSPS) is 27.0. The van der Waals surface area contributed by atoms with Gasteiger partial charge in [0, 0.05) is 38.2 Å². The lowest BCUT2D eigenvalue weighted by atomic mass is 10.1. The molecule has 2 unspecified atom stereocenters. The van der Waals surface area contributed by atoms with E-state index >= 15 is 0 Å². The first-order valence-electron chi connectivity index (χ1n) is 6.92. The van der Waals surface area contributed by atoms with Crippen molar-refractivity contribution < 1.29 is 9.47 Å². The molecule has 3 rings (SSSR count). The number of ether oxygens (including phenoxy) is 2. The summed E-state index contributed by atoms with van der Waals surface area (Å²) in [7, 11) is 1.67. The minimum Gasteiger partial charge on any atom is -0.460 e. The van der Waals surface area contributed by atoms with Gasteiger partial charge in [-0.05, 0) is 12.1 Å². The number of fused-ring (bicyclic) bond motifs is 1. The molecule has 6 heteroatoms. The fraction of sp³-hybridized carbons (Fsp3) is 0.571. The Labute approximate surface area is 124 Å². The van der Waals surface area contributed by atoms with Crippen LogP contribution in [0.4, 0.5) is 5.69 Å². The summed E-state index contributed by atoms with van der Waals surface area (Å²) in [5.74, 6) is 9.47. The summed E-state index contributed by atoms with van der Waals surface area (Å²) in [6.45, 7) is 3.07. The van der Waals surface area contributed by atoms with Crippen molar-refractivity contribution >= 4 is 17.4 Å². The topological polar surface area (TPSA) is 51.0 Å². The van der Waals surface area contributed by atoms with Crippen LogP contribution in [0.2, 0.25) is 0 Å². The van der Waals surface area contributed by atoms with Crippen LogP contribution in [0.15, 0.2) is 24.3 Å². The molecule has 110 valence electrons. The molecule has 0 amide bonds. The Hall–Kier alpha value is -0.950. The van der Waals surface area contributed by atoms with Crippen molar-refractivity contribution in [2.24, 2.45) is 5.84 Å². The minimum atomic E-state index is -0.329. The maximum Gasteiger partial charge on any atom is 0.223 e. The number of para-hydroxylation sites is 2. The number of hydrazine groups is 1. The third kappa shape index (κ3) is 2.74.